The van der Waals surface area contributed by atoms with Gasteiger partial charge >= 0.3 is 5.97 Å². The van der Waals surface area contributed by atoms with Gasteiger partial charge < -0.3 is 15.8 Å². The second-order valence-electron chi connectivity index (χ2n) is 4.57. The monoisotopic (exact) mass is 318 g/mol. The molecule has 0 bridgehead atoms. The highest BCUT2D eigenvalue weighted by molar-refractivity contribution is 6.39. The van der Waals surface area contributed by atoms with Crippen molar-refractivity contribution in [2.75, 3.05) is 12.8 Å². The van der Waals surface area contributed by atoms with Crippen LogP contribution < -0.4 is 11.1 Å². The molecule has 0 aliphatic heterocycles. The van der Waals surface area contributed by atoms with Gasteiger partial charge in [-0.3, -0.25) is 4.79 Å². The number of anilines is 1. The first-order chi connectivity index (χ1) is 9.27. The van der Waals surface area contributed by atoms with Crippen LogP contribution in [0.15, 0.2) is 12.1 Å². The maximum absolute atomic E-state index is 12.1. The summed E-state index contributed by atoms with van der Waals surface area (Å²) in [5.41, 5.74) is 6.03. The SMILES string of the molecule is COC(=O)C(NC(=O)c1cc(Cl)c(N)c(Cl)c1)C(C)C. The first-order valence-corrected chi connectivity index (χ1v) is 6.66. The van der Waals surface area contributed by atoms with Crippen molar-refractivity contribution in [1.82, 2.24) is 5.32 Å². The van der Waals surface area contributed by atoms with Crippen LogP contribution in [0.25, 0.3) is 0 Å². The Morgan fingerprint density at radius 2 is 1.75 bits per heavy atom. The Morgan fingerprint density at radius 1 is 1.25 bits per heavy atom. The van der Waals surface area contributed by atoms with Crippen LogP contribution in [0.3, 0.4) is 0 Å². The lowest BCUT2D eigenvalue weighted by Gasteiger charge is -2.20. The van der Waals surface area contributed by atoms with Gasteiger partial charge in [0.05, 0.1) is 22.8 Å². The van der Waals surface area contributed by atoms with E-state index in [1.165, 1.54) is 19.2 Å². The van der Waals surface area contributed by atoms with E-state index in [1.54, 1.807) is 13.8 Å². The molecule has 1 aromatic rings. The van der Waals surface area contributed by atoms with Gasteiger partial charge in [-0.25, -0.2) is 4.79 Å². The summed E-state index contributed by atoms with van der Waals surface area (Å²) in [4.78, 5) is 23.7. The Balaban J connectivity index is 2.98. The Hall–Kier alpha value is -1.46. The number of nitrogens with one attached hydrogen (secondary N) is 1. The summed E-state index contributed by atoms with van der Waals surface area (Å²) >= 11 is 11.7. The maximum atomic E-state index is 12.1. The number of rotatable bonds is 4. The zero-order valence-corrected chi connectivity index (χ0v) is 12.9. The van der Waals surface area contributed by atoms with Crippen molar-refractivity contribution in [2.24, 2.45) is 5.92 Å². The van der Waals surface area contributed by atoms with Crippen LogP contribution in [0.4, 0.5) is 5.69 Å². The molecule has 0 saturated carbocycles. The number of esters is 1. The fourth-order valence-corrected chi connectivity index (χ4v) is 2.05. The highest BCUT2D eigenvalue weighted by atomic mass is 35.5. The van der Waals surface area contributed by atoms with Gasteiger partial charge in [0, 0.05) is 5.56 Å². The number of nitrogen functional groups attached to an aromatic ring is 1. The fourth-order valence-electron chi connectivity index (χ4n) is 1.56. The van der Waals surface area contributed by atoms with Crippen molar-refractivity contribution < 1.29 is 14.3 Å². The Bertz CT molecular complexity index is 509. The molecule has 5 nitrogen and oxygen atoms in total. The third-order valence-corrected chi connectivity index (χ3v) is 3.38. The summed E-state index contributed by atoms with van der Waals surface area (Å²) in [6.45, 7) is 3.59. The maximum Gasteiger partial charge on any atom is 0.328 e. The lowest BCUT2D eigenvalue weighted by atomic mass is 10.0. The summed E-state index contributed by atoms with van der Waals surface area (Å²) < 4.78 is 4.65. The van der Waals surface area contributed by atoms with E-state index in [4.69, 9.17) is 28.9 Å². The number of amides is 1. The minimum Gasteiger partial charge on any atom is -0.467 e. The van der Waals surface area contributed by atoms with Crippen LogP contribution in [-0.2, 0) is 9.53 Å². The Kier molecular flexibility index (Phi) is 5.65. The number of nitrogens with two attached hydrogens (primary N) is 1. The van der Waals surface area contributed by atoms with Gasteiger partial charge in [0.1, 0.15) is 6.04 Å². The highest BCUT2D eigenvalue weighted by Gasteiger charge is 2.25. The summed E-state index contributed by atoms with van der Waals surface area (Å²) in [7, 11) is 1.26. The van der Waals surface area contributed by atoms with Gasteiger partial charge in [0.25, 0.3) is 5.91 Å². The van der Waals surface area contributed by atoms with E-state index in [-0.39, 0.29) is 27.2 Å². The molecule has 20 heavy (non-hydrogen) atoms. The second kappa shape index (κ2) is 6.81. The highest BCUT2D eigenvalue weighted by Crippen LogP contribution is 2.28. The number of ether oxygens (including phenoxy) is 1. The van der Waals surface area contributed by atoms with Crippen molar-refractivity contribution in [3.05, 3.63) is 27.7 Å². The van der Waals surface area contributed by atoms with Gasteiger partial charge in [0.2, 0.25) is 0 Å². The smallest absolute Gasteiger partial charge is 0.328 e. The molecule has 0 radical (unpaired) electrons. The zero-order chi connectivity index (χ0) is 15.4. The van der Waals surface area contributed by atoms with Crippen LogP contribution in [0.2, 0.25) is 10.0 Å². The zero-order valence-electron chi connectivity index (χ0n) is 11.4. The molecule has 7 heteroatoms. The lowest BCUT2D eigenvalue weighted by molar-refractivity contribution is -0.144. The van der Waals surface area contributed by atoms with E-state index in [0.717, 1.165) is 0 Å². The number of hydrogen-bond donors (Lipinski definition) is 2. The molecule has 110 valence electrons. The summed E-state index contributed by atoms with van der Waals surface area (Å²) in [6.07, 6.45) is 0. The van der Waals surface area contributed by atoms with E-state index in [1.807, 2.05) is 0 Å². The molecule has 0 spiro atoms. The number of methoxy groups -OCH3 is 1. The van der Waals surface area contributed by atoms with Gasteiger partial charge in [-0.1, -0.05) is 37.0 Å². The number of carbonyl (C=O) groups is 2. The third-order valence-electron chi connectivity index (χ3n) is 2.75. The van der Waals surface area contributed by atoms with Gasteiger partial charge in [-0.05, 0) is 18.1 Å². The fraction of sp³-hybridized carbons (Fsp3) is 0.385. The number of hydrogen-bond acceptors (Lipinski definition) is 4. The minimum atomic E-state index is -0.748. The third kappa shape index (κ3) is 3.77. The van der Waals surface area contributed by atoms with Gasteiger partial charge in [-0.2, -0.15) is 0 Å². The Morgan fingerprint density at radius 3 is 2.15 bits per heavy atom. The van der Waals surface area contributed by atoms with E-state index in [9.17, 15) is 9.59 Å². The number of halogens is 2. The largest absolute Gasteiger partial charge is 0.467 e. The summed E-state index contributed by atoms with van der Waals surface area (Å²) in [5.74, 6) is -1.11. The predicted octanol–water partition coefficient (Wildman–Crippen LogP) is 2.50. The van der Waals surface area contributed by atoms with Crippen LogP contribution in [0.1, 0.15) is 24.2 Å². The molecule has 1 rings (SSSR count). The van der Waals surface area contributed by atoms with Crippen molar-refractivity contribution in [3.63, 3.8) is 0 Å². The number of benzene rings is 1. The molecule has 0 fully saturated rings. The first-order valence-electron chi connectivity index (χ1n) is 5.91. The van der Waals surface area contributed by atoms with Crippen molar-refractivity contribution in [2.45, 2.75) is 19.9 Å². The van der Waals surface area contributed by atoms with Crippen LogP contribution in [0.5, 0.6) is 0 Å². The molecule has 1 amide bonds. The molecular formula is C13H16Cl2N2O3. The first kappa shape index (κ1) is 16.6. The van der Waals surface area contributed by atoms with Crippen LogP contribution in [0, 0.1) is 5.92 Å². The standard InChI is InChI=1S/C13H16Cl2N2O3/c1-6(2)11(13(19)20-3)17-12(18)7-4-8(14)10(16)9(15)5-7/h4-6,11H,16H2,1-3H3,(H,17,18). The van der Waals surface area contributed by atoms with Gasteiger partial charge in [0.15, 0.2) is 0 Å². The van der Waals surface area contributed by atoms with Crippen molar-refractivity contribution in [3.8, 4) is 0 Å². The van der Waals surface area contributed by atoms with E-state index in [0.29, 0.717) is 0 Å². The molecule has 3 N–H and O–H groups in total. The molecule has 1 atom stereocenters. The summed E-state index contributed by atoms with van der Waals surface area (Å²) in [5, 5.41) is 2.95. The average molecular weight is 319 g/mol. The average Bonchev–Trinajstić information content (AvgIpc) is 2.39. The molecule has 1 unspecified atom stereocenters. The molecule has 1 aromatic carbocycles. The van der Waals surface area contributed by atoms with Crippen LogP contribution in [-0.4, -0.2) is 25.0 Å². The molecular weight excluding hydrogens is 303 g/mol. The lowest BCUT2D eigenvalue weighted by Crippen LogP contribution is -2.45. The molecule has 0 heterocycles. The number of carbonyl (C=O) groups excluding carboxylic acids is 2. The van der Waals surface area contributed by atoms with E-state index >= 15 is 0 Å². The van der Waals surface area contributed by atoms with E-state index in [2.05, 4.69) is 10.1 Å². The second-order valence-corrected chi connectivity index (χ2v) is 5.39. The topological polar surface area (TPSA) is 81.4 Å². The molecule has 0 aromatic heterocycles. The van der Waals surface area contributed by atoms with Crippen LogP contribution >= 0.6 is 23.2 Å². The summed E-state index contributed by atoms with van der Waals surface area (Å²) in [6, 6.07) is 2.04. The van der Waals surface area contributed by atoms with Crippen molar-refractivity contribution >= 4 is 40.8 Å². The molecule has 0 saturated heterocycles. The Labute approximate surface area is 127 Å². The molecule has 0 aliphatic rings. The quantitative estimate of drug-likeness (QED) is 0.660. The van der Waals surface area contributed by atoms with E-state index < -0.39 is 17.9 Å². The molecule has 0 aliphatic carbocycles. The predicted molar refractivity (Wildman–Crippen MR) is 79.0 cm³/mol. The van der Waals surface area contributed by atoms with Gasteiger partial charge in [-0.15, -0.1) is 0 Å². The minimum absolute atomic E-state index is 0.119. The normalized spacial score (nSPS) is 12.1. The van der Waals surface area contributed by atoms with Crippen molar-refractivity contribution in [1.29, 1.82) is 0 Å².